The van der Waals surface area contributed by atoms with E-state index in [0.717, 1.165) is 0 Å². The molecule has 1 fully saturated rings. The number of ether oxygens (including phenoxy) is 1. The van der Waals surface area contributed by atoms with Gasteiger partial charge in [-0.05, 0) is 48.0 Å². The van der Waals surface area contributed by atoms with Crippen molar-refractivity contribution < 1.29 is 14.3 Å². The Hall–Kier alpha value is -0.400. The predicted octanol–water partition coefficient (Wildman–Crippen LogP) is 2.47. The Morgan fingerprint density at radius 2 is 1.90 bits per heavy atom. The van der Waals surface area contributed by atoms with Crippen molar-refractivity contribution in [2.75, 3.05) is 6.54 Å². The number of thiol groups is 2. The van der Waals surface area contributed by atoms with Gasteiger partial charge in [-0.1, -0.05) is 12.8 Å². The van der Waals surface area contributed by atoms with Gasteiger partial charge in [0, 0.05) is 6.54 Å². The quantitative estimate of drug-likeness (QED) is 0.645. The van der Waals surface area contributed by atoms with Gasteiger partial charge in [0.2, 0.25) is 0 Å². The number of carbonyl (C=O) groups is 2. The molecule has 5 nitrogen and oxygen atoms in total. The molecule has 0 aromatic carbocycles. The van der Waals surface area contributed by atoms with Crippen LogP contribution in [0.25, 0.3) is 0 Å². The zero-order valence-corrected chi connectivity index (χ0v) is 15.3. The number of hydrogen-bond acceptors (Lipinski definition) is 6. The van der Waals surface area contributed by atoms with E-state index in [1.54, 1.807) is 32.0 Å². The van der Waals surface area contributed by atoms with E-state index < -0.39 is 28.0 Å². The summed E-state index contributed by atoms with van der Waals surface area (Å²) < 4.78 is 6.22. The van der Waals surface area contributed by atoms with Gasteiger partial charge >= 0.3 is 6.09 Å². The summed E-state index contributed by atoms with van der Waals surface area (Å²) in [6.45, 7) is 11.4. The predicted molar refractivity (Wildman–Crippen MR) is 89.9 cm³/mol. The SMILES string of the molecule is CC(C)(C)OC(=O)NC1C(=O)C(C)(S)CCN(S)C1(C)C. The van der Waals surface area contributed by atoms with E-state index in [1.165, 1.54) is 0 Å². The normalized spacial score (nSPS) is 30.7. The number of rotatable bonds is 1. The fraction of sp³-hybridized carbons (Fsp3) is 0.857. The molecule has 1 rings (SSSR count). The first-order valence-corrected chi connectivity index (χ1v) is 7.85. The monoisotopic (exact) mass is 334 g/mol. The standard InChI is InChI=1S/C14H26N2O3S2/c1-12(2,3)19-11(18)15-9-10(17)14(6,20)7-8-16(21)13(9,4)5/h9,20-21H,7-8H2,1-6H3,(H,15,18). The van der Waals surface area contributed by atoms with E-state index >= 15 is 0 Å². The average molecular weight is 335 g/mol. The van der Waals surface area contributed by atoms with Gasteiger partial charge in [0.25, 0.3) is 0 Å². The Labute approximate surface area is 138 Å². The highest BCUT2D eigenvalue weighted by Gasteiger charge is 2.49. The largest absolute Gasteiger partial charge is 0.444 e. The highest BCUT2D eigenvalue weighted by atomic mass is 32.1. The minimum atomic E-state index is -0.811. The second-order valence-electron chi connectivity index (χ2n) is 7.24. The molecule has 0 bridgehead atoms. The summed E-state index contributed by atoms with van der Waals surface area (Å²) in [5.41, 5.74) is -1.26. The molecule has 1 amide bonds. The Morgan fingerprint density at radius 1 is 1.38 bits per heavy atom. The molecule has 0 saturated carbocycles. The lowest BCUT2D eigenvalue weighted by molar-refractivity contribution is -0.124. The average Bonchev–Trinajstić information content (AvgIpc) is 2.33. The lowest BCUT2D eigenvalue weighted by Crippen LogP contribution is -2.61. The number of alkyl carbamates (subject to hydrolysis) is 1. The van der Waals surface area contributed by atoms with Crippen LogP contribution in [0.15, 0.2) is 0 Å². The summed E-state index contributed by atoms with van der Waals surface area (Å²) in [4.78, 5) is 24.8. The molecule has 1 saturated heterocycles. The molecule has 1 aliphatic rings. The molecule has 21 heavy (non-hydrogen) atoms. The molecule has 122 valence electrons. The number of hydrogen-bond donors (Lipinski definition) is 3. The Balaban J connectivity index is 3.02. The number of nitrogens with one attached hydrogen (secondary N) is 1. The molecule has 1 aliphatic heterocycles. The Kier molecular flexibility index (Phi) is 5.33. The van der Waals surface area contributed by atoms with E-state index in [2.05, 4.69) is 30.8 Å². The molecule has 7 heteroatoms. The van der Waals surface area contributed by atoms with Gasteiger partial charge in [0.15, 0.2) is 5.78 Å². The molecular weight excluding hydrogens is 308 g/mol. The van der Waals surface area contributed by atoms with Crippen molar-refractivity contribution >= 4 is 37.3 Å². The maximum absolute atomic E-state index is 12.7. The van der Waals surface area contributed by atoms with Crippen LogP contribution in [0.3, 0.4) is 0 Å². The van der Waals surface area contributed by atoms with Crippen molar-refractivity contribution in [3.05, 3.63) is 0 Å². The zero-order valence-electron chi connectivity index (χ0n) is 13.6. The molecule has 1 heterocycles. The van der Waals surface area contributed by atoms with Crippen molar-refractivity contribution in [1.29, 1.82) is 0 Å². The van der Waals surface area contributed by atoms with Crippen molar-refractivity contribution in [2.45, 2.75) is 69.9 Å². The summed E-state index contributed by atoms with van der Waals surface area (Å²) in [7, 11) is 0. The van der Waals surface area contributed by atoms with E-state index in [0.29, 0.717) is 13.0 Å². The summed E-state index contributed by atoms with van der Waals surface area (Å²) in [5.74, 6) is -0.127. The number of nitrogens with zero attached hydrogens (tertiary/aromatic N) is 1. The third kappa shape index (κ3) is 4.53. The fourth-order valence-electron chi connectivity index (χ4n) is 2.18. The van der Waals surface area contributed by atoms with Crippen molar-refractivity contribution in [3.63, 3.8) is 0 Å². The van der Waals surface area contributed by atoms with Crippen LogP contribution in [0.5, 0.6) is 0 Å². The maximum atomic E-state index is 12.7. The summed E-state index contributed by atoms with van der Waals surface area (Å²) in [5, 5.41) is 2.69. The van der Waals surface area contributed by atoms with Crippen LogP contribution >= 0.6 is 25.4 Å². The van der Waals surface area contributed by atoms with E-state index in [9.17, 15) is 9.59 Å². The van der Waals surface area contributed by atoms with Crippen molar-refractivity contribution in [2.24, 2.45) is 0 Å². The van der Waals surface area contributed by atoms with E-state index in [-0.39, 0.29) is 5.78 Å². The number of amides is 1. The number of carbonyl (C=O) groups excluding carboxylic acids is 2. The van der Waals surface area contributed by atoms with Crippen LogP contribution in [0.4, 0.5) is 4.79 Å². The third-order valence-electron chi connectivity index (χ3n) is 3.64. The highest BCUT2D eigenvalue weighted by molar-refractivity contribution is 7.82. The van der Waals surface area contributed by atoms with Gasteiger partial charge < -0.3 is 10.1 Å². The molecular formula is C14H26N2O3S2. The van der Waals surface area contributed by atoms with Gasteiger partial charge in [-0.3, -0.25) is 4.79 Å². The van der Waals surface area contributed by atoms with Crippen LogP contribution < -0.4 is 5.32 Å². The van der Waals surface area contributed by atoms with Crippen LogP contribution in [0.1, 0.15) is 48.0 Å². The summed E-state index contributed by atoms with van der Waals surface area (Å²) >= 11 is 8.92. The summed E-state index contributed by atoms with van der Waals surface area (Å²) in [6.07, 6.45) is -0.0457. The van der Waals surface area contributed by atoms with E-state index in [1.807, 2.05) is 13.8 Å². The molecule has 0 aromatic rings. The van der Waals surface area contributed by atoms with Crippen molar-refractivity contribution in [3.8, 4) is 0 Å². The van der Waals surface area contributed by atoms with Crippen molar-refractivity contribution in [1.82, 2.24) is 9.62 Å². The van der Waals surface area contributed by atoms with Gasteiger partial charge in [0.05, 0.1) is 10.3 Å². The lowest BCUT2D eigenvalue weighted by Gasteiger charge is -2.39. The van der Waals surface area contributed by atoms with Gasteiger partial charge in [0.1, 0.15) is 11.6 Å². The Morgan fingerprint density at radius 3 is 2.38 bits per heavy atom. The molecule has 1 N–H and O–H groups in total. The first kappa shape index (κ1) is 18.6. The minimum absolute atomic E-state index is 0.127. The highest BCUT2D eigenvalue weighted by Crippen LogP contribution is 2.34. The fourth-order valence-corrected chi connectivity index (χ4v) is 2.63. The molecule has 0 aromatic heterocycles. The smallest absolute Gasteiger partial charge is 0.408 e. The second kappa shape index (κ2) is 6.01. The summed E-state index contributed by atoms with van der Waals surface area (Å²) in [6, 6.07) is -0.741. The van der Waals surface area contributed by atoms with Gasteiger partial charge in [-0.2, -0.15) is 12.6 Å². The van der Waals surface area contributed by atoms with Crippen LogP contribution in [0, 0.1) is 0 Å². The van der Waals surface area contributed by atoms with Crippen LogP contribution in [-0.4, -0.2) is 44.7 Å². The maximum Gasteiger partial charge on any atom is 0.408 e. The first-order valence-electron chi connectivity index (χ1n) is 7.00. The zero-order chi connectivity index (χ0) is 16.6. The molecule has 0 radical (unpaired) electrons. The first-order chi connectivity index (χ1) is 9.27. The number of Topliss-reactive ketones (excluding diaryl/α,β-unsaturated/α-hetero) is 1. The Bertz CT molecular complexity index is 430. The van der Waals surface area contributed by atoms with Crippen LogP contribution in [0.2, 0.25) is 0 Å². The third-order valence-corrected chi connectivity index (χ3v) is 4.80. The molecule has 0 aliphatic carbocycles. The van der Waals surface area contributed by atoms with E-state index in [4.69, 9.17) is 4.74 Å². The lowest BCUT2D eigenvalue weighted by atomic mass is 9.87. The molecule has 0 spiro atoms. The number of ketones is 1. The van der Waals surface area contributed by atoms with Gasteiger partial charge in [-0.25, -0.2) is 9.10 Å². The molecule has 2 atom stereocenters. The topological polar surface area (TPSA) is 58.6 Å². The van der Waals surface area contributed by atoms with Gasteiger partial charge in [-0.15, -0.1) is 0 Å². The minimum Gasteiger partial charge on any atom is -0.444 e. The van der Waals surface area contributed by atoms with Crippen LogP contribution in [-0.2, 0) is 9.53 Å². The molecule has 2 unspecified atom stereocenters. The second-order valence-corrected chi connectivity index (χ2v) is 8.71.